The molecule has 1 amide bonds. The normalized spacial score (nSPS) is 11.7. The van der Waals surface area contributed by atoms with Gasteiger partial charge in [0, 0.05) is 23.3 Å². The van der Waals surface area contributed by atoms with Gasteiger partial charge in [0.05, 0.1) is 4.92 Å². The molecule has 8 heteroatoms. The van der Waals surface area contributed by atoms with Crippen molar-refractivity contribution in [1.82, 2.24) is 10.3 Å². The summed E-state index contributed by atoms with van der Waals surface area (Å²) in [5.74, 6) is -0.168. The SMILES string of the molecule is CCNC(=O)C(C)Nc1ncc(Br)cc1[N+](=O)[O-]. The first-order chi connectivity index (χ1) is 8.45. The second kappa shape index (κ2) is 6.29. The lowest BCUT2D eigenvalue weighted by atomic mass is 10.3. The van der Waals surface area contributed by atoms with Crippen LogP contribution >= 0.6 is 15.9 Å². The molecule has 0 aliphatic carbocycles. The Morgan fingerprint density at radius 3 is 2.89 bits per heavy atom. The minimum Gasteiger partial charge on any atom is -0.355 e. The van der Waals surface area contributed by atoms with Crippen LogP contribution in [0.2, 0.25) is 0 Å². The predicted molar refractivity (Wildman–Crippen MR) is 70.4 cm³/mol. The first-order valence-corrected chi connectivity index (χ1v) is 6.09. The van der Waals surface area contributed by atoms with E-state index in [-0.39, 0.29) is 17.4 Å². The molecular formula is C10H13BrN4O3. The van der Waals surface area contributed by atoms with E-state index in [1.807, 2.05) is 0 Å². The molecule has 1 aromatic rings. The summed E-state index contributed by atoms with van der Waals surface area (Å²) in [4.78, 5) is 25.7. The van der Waals surface area contributed by atoms with E-state index in [4.69, 9.17) is 0 Å². The Balaban J connectivity index is 2.90. The van der Waals surface area contributed by atoms with Crippen molar-refractivity contribution < 1.29 is 9.72 Å². The molecule has 98 valence electrons. The lowest BCUT2D eigenvalue weighted by Gasteiger charge is -2.13. The topological polar surface area (TPSA) is 97.2 Å². The average molecular weight is 317 g/mol. The number of halogens is 1. The number of aromatic nitrogens is 1. The molecule has 1 rings (SSSR count). The number of pyridine rings is 1. The van der Waals surface area contributed by atoms with Crippen molar-refractivity contribution in [2.45, 2.75) is 19.9 Å². The van der Waals surface area contributed by atoms with E-state index in [1.165, 1.54) is 12.3 Å². The van der Waals surface area contributed by atoms with Gasteiger partial charge < -0.3 is 10.6 Å². The van der Waals surface area contributed by atoms with Gasteiger partial charge in [0.25, 0.3) is 0 Å². The van der Waals surface area contributed by atoms with Gasteiger partial charge >= 0.3 is 5.69 Å². The second-order valence-electron chi connectivity index (χ2n) is 3.54. The van der Waals surface area contributed by atoms with Crippen LogP contribution in [0.5, 0.6) is 0 Å². The van der Waals surface area contributed by atoms with Crippen molar-refractivity contribution in [2.75, 3.05) is 11.9 Å². The van der Waals surface area contributed by atoms with Crippen molar-refractivity contribution in [1.29, 1.82) is 0 Å². The van der Waals surface area contributed by atoms with E-state index in [0.717, 1.165) is 0 Å². The average Bonchev–Trinajstić information content (AvgIpc) is 2.31. The summed E-state index contributed by atoms with van der Waals surface area (Å²) in [6.07, 6.45) is 1.43. The number of carbonyl (C=O) groups is 1. The number of nitro groups is 1. The Morgan fingerprint density at radius 2 is 2.33 bits per heavy atom. The van der Waals surface area contributed by atoms with Crippen LogP contribution in [0, 0.1) is 10.1 Å². The molecule has 0 spiro atoms. The van der Waals surface area contributed by atoms with Crippen LogP contribution in [0.4, 0.5) is 11.5 Å². The second-order valence-corrected chi connectivity index (χ2v) is 4.45. The molecule has 0 aromatic carbocycles. The molecule has 0 aliphatic rings. The Bertz CT molecular complexity index is 466. The van der Waals surface area contributed by atoms with Gasteiger partial charge in [-0.1, -0.05) is 0 Å². The highest BCUT2D eigenvalue weighted by molar-refractivity contribution is 9.10. The lowest BCUT2D eigenvalue weighted by Crippen LogP contribution is -2.37. The summed E-state index contributed by atoms with van der Waals surface area (Å²) in [5, 5.41) is 16.2. The van der Waals surface area contributed by atoms with Gasteiger partial charge in [-0.3, -0.25) is 14.9 Å². The van der Waals surface area contributed by atoms with Crippen LogP contribution < -0.4 is 10.6 Å². The summed E-state index contributed by atoms with van der Waals surface area (Å²) in [5.41, 5.74) is -0.180. The van der Waals surface area contributed by atoms with Crippen molar-refractivity contribution in [3.8, 4) is 0 Å². The Hall–Kier alpha value is -1.70. The molecule has 1 unspecified atom stereocenters. The number of rotatable bonds is 5. The molecule has 0 saturated heterocycles. The first kappa shape index (κ1) is 14.4. The minimum absolute atomic E-state index is 0.0713. The van der Waals surface area contributed by atoms with E-state index < -0.39 is 11.0 Å². The summed E-state index contributed by atoms with van der Waals surface area (Å²) < 4.78 is 0.505. The van der Waals surface area contributed by atoms with Gasteiger partial charge in [-0.15, -0.1) is 0 Å². The third kappa shape index (κ3) is 3.66. The van der Waals surface area contributed by atoms with Crippen LogP contribution in [-0.2, 0) is 4.79 Å². The van der Waals surface area contributed by atoms with E-state index in [9.17, 15) is 14.9 Å². The van der Waals surface area contributed by atoms with Gasteiger partial charge in [-0.2, -0.15) is 0 Å². The lowest BCUT2D eigenvalue weighted by molar-refractivity contribution is -0.384. The zero-order valence-electron chi connectivity index (χ0n) is 9.94. The van der Waals surface area contributed by atoms with Crippen molar-refractivity contribution in [3.05, 3.63) is 26.9 Å². The maximum atomic E-state index is 11.5. The molecule has 1 heterocycles. The molecule has 18 heavy (non-hydrogen) atoms. The molecule has 7 nitrogen and oxygen atoms in total. The monoisotopic (exact) mass is 316 g/mol. The number of nitrogens with one attached hydrogen (secondary N) is 2. The first-order valence-electron chi connectivity index (χ1n) is 5.30. The molecule has 0 saturated carbocycles. The largest absolute Gasteiger partial charge is 0.355 e. The molecule has 0 fully saturated rings. The van der Waals surface area contributed by atoms with Crippen LogP contribution in [0.1, 0.15) is 13.8 Å². The third-order valence-electron chi connectivity index (χ3n) is 2.13. The molecule has 0 aliphatic heterocycles. The molecule has 1 aromatic heterocycles. The third-order valence-corrected chi connectivity index (χ3v) is 2.56. The Labute approximate surface area is 112 Å². The maximum absolute atomic E-state index is 11.5. The van der Waals surface area contributed by atoms with Gasteiger partial charge in [-0.25, -0.2) is 4.98 Å². The number of likely N-dealkylation sites (N-methyl/N-ethyl adjacent to an activating group) is 1. The fourth-order valence-electron chi connectivity index (χ4n) is 1.28. The van der Waals surface area contributed by atoms with Crippen LogP contribution in [0.15, 0.2) is 16.7 Å². The fourth-order valence-corrected chi connectivity index (χ4v) is 1.60. The fraction of sp³-hybridized carbons (Fsp3) is 0.400. The van der Waals surface area contributed by atoms with Crippen LogP contribution in [-0.4, -0.2) is 28.4 Å². The highest BCUT2D eigenvalue weighted by Gasteiger charge is 2.20. The van der Waals surface area contributed by atoms with E-state index in [1.54, 1.807) is 13.8 Å². The number of anilines is 1. The highest BCUT2D eigenvalue weighted by Crippen LogP contribution is 2.25. The minimum atomic E-state index is -0.600. The molecule has 0 bridgehead atoms. The summed E-state index contributed by atoms with van der Waals surface area (Å²) in [7, 11) is 0. The Morgan fingerprint density at radius 1 is 1.67 bits per heavy atom. The zero-order valence-corrected chi connectivity index (χ0v) is 11.5. The number of hydrogen-bond acceptors (Lipinski definition) is 5. The standard InChI is InChI=1S/C10H13BrN4O3/c1-3-12-10(16)6(2)14-9-8(15(17)18)4-7(11)5-13-9/h4-6H,3H2,1-2H3,(H,12,16)(H,13,14). The number of nitrogens with zero attached hydrogens (tertiary/aromatic N) is 2. The van der Waals surface area contributed by atoms with Crippen molar-refractivity contribution in [2.24, 2.45) is 0 Å². The van der Waals surface area contributed by atoms with Gasteiger partial charge in [0.2, 0.25) is 11.7 Å². The number of amides is 1. The number of hydrogen-bond donors (Lipinski definition) is 2. The molecule has 1 atom stereocenters. The van der Waals surface area contributed by atoms with Crippen LogP contribution in [0.25, 0.3) is 0 Å². The van der Waals surface area contributed by atoms with Crippen LogP contribution in [0.3, 0.4) is 0 Å². The van der Waals surface area contributed by atoms with E-state index in [0.29, 0.717) is 11.0 Å². The molecular weight excluding hydrogens is 304 g/mol. The molecule has 2 N–H and O–H groups in total. The zero-order chi connectivity index (χ0) is 13.7. The summed E-state index contributed by atoms with van der Waals surface area (Å²) >= 11 is 3.11. The van der Waals surface area contributed by atoms with Crippen molar-refractivity contribution >= 4 is 33.3 Å². The summed E-state index contributed by atoms with van der Waals surface area (Å²) in [6, 6.07) is 0.733. The Kier molecular flexibility index (Phi) is 5.02. The van der Waals surface area contributed by atoms with E-state index >= 15 is 0 Å². The maximum Gasteiger partial charge on any atom is 0.312 e. The quantitative estimate of drug-likeness (QED) is 0.636. The smallest absolute Gasteiger partial charge is 0.312 e. The highest BCUT2D eigenvalue weighted by atomic mass is 79.9. The number of carbonyl (C=O) groups excluding carboxylic acids is 1. The molecule has 0 radical (unpaired) electrons. The predicted octanol–water partition coefficient (Wildman–Crippen LogP) is 1.69. The van der Waals surface area contributed by atoms with Crippen molar-refractivity contribution in [3.63, 3.8) is 0 Å². The van der Waals surface area contributed by atoms with Gasteiger partial charge in [0.1, 0.15) is 6.04 Å². The van der Waals surface area contributed by atoms with E-state index in [2.05, 4.69) is 31.5 Å². The van der Waals surface area contributed by atoms with Gasteiger partial charge in [0.15, 0.2) is 0 Å². The summed E-state index contributed by atoms with van der Waals surface area (Å²) in [6.45, 7) is 3.91. The van der Waals surface area contributed by atoms with Gasteiger partial charge in [-0.05, 0) is 29.8 Å².